The predicted molar refractivity (Wildman–Crippen MR) is 121 cm³/mol. The van der Waals surface area contributed by atoms with Crippen LogP contribution < -0.4 is 4.74 Å². The smallest absolute Gasteiger partial charge is 0.314 e. The monoisotopic (exact) mass is 398 g/mol. The second-order valence-corrected chi connectivity index (χ2v) is 9.73. The number of carbonyl (C=O) groups is 1. The first-order valence-electron chi connectivity index (χ1n) is 12.5. The average molecular weight is 399 g/mol. The molecular weight excluding hydrogens is 356 g/mol. The molecule has 2 unspecified atom stereocenters. The Morgan fingerprint density at radius 3 is 2.34 bits per heavy atom. The molecule has 0 spiro atoms. The molecule has 0 radical (unpaired) electrons. The Balaban J connectivity index is 1.42. The molecule has 2 aliphatic carbocycles. The van der Waals surface area contributed by atoms with Gasteiger partial charge in [0.2, 0.25) is 0 Å². The minimum atomic E-state index is 0.00597. The lowest BCUT2D eigenvalue weighted by atomic mass is 9.64. The van der Waals surface area contributed by atoms with E-state index in [0.29, 0.717) is 5.75 Å². The van der Waals surface area contributed by atoms with Crippen LogP contribution in [0.4, 0.5) is 0 Å². The molecule has 2 heteroatoms. The molecule has 4 atom stereocenters. The fraction of sp³-hybridized carbons (Fsp3) is 0.741. The molecule has 3 rings (SSSR count). The summed E-state index contributed by atoms with van der Waals surface area (Å²) in [6.45, 7) is 4.50. The first-order valence-corrected chi connectivity index (χ1v) is 12.5. The van der Waals surface area contributed by atoms with Gasteiger partial charge in [-0.1, -0.05) is 70.9 Å². The van der Waals surface area contributed by atoms with Gasteiger partial charge in [-0.3, -0.25) is 4.79 Å². The van der Waals surface area contributed by atoms with E-state index in [0.717, 1.165) is 37.0 Å². The zero-order chi connectivity index (χ0) is 20.5. The molecule has 2 saturated carbocycles. The van der Waals surface area contributed by atoms with Crippen LogP contribution >= 0.6 is 0 Å². The summed E-state index contributed by atoms with van der Waals surface area (Å²) in [4.78, 5) is 12.7. The van der Waals surface area contributed by atoms with E-state index in [2.05, 4.69) is 26.0 Å². The van der Waals surface area contributed by atoms with Crippen LogP contribution in [0.25, 0.3) is 0 Å². The predicted octanol–water partition coefficient (Wildman–Crippen LogP) is 7.74. The molecule has 0 heterocycles. The largest absolute Gasteiger partial charge is 0.426 e. The second-order valence-electron chi connectivity index (χ2n) is 9.73. The van der Waals surface area contributed by atoms with Gasteiger partial charge in [-0.05, 0) is 80.4 Å². The molecule has 162 valence electrons. The zero-order valence-electron chi connectivity index (χ0n) is 18.8. The number of rotatable bonds is 10. The van der Waals surface area contributed by atoms with Gasteiger partial charge < -0.3 is 4.74 Å². The minimum absolute atomic E-state index is 0.00597. The van der Waals surface area contributed by atoms with Crippen LogP contribution in [0.15, 0.2) is 24.3 Å². The Hall–Kier alpha value is -1.31. The summed E-state index contributed by atoms with van der Waals surface area (Å²) in [5.74, 6) is 3.39. The summed E-state index contributed by atoms with van der Waals surface area (Å²) in [5.41, 5.74) is 1.33. The van der Waals surface area contributed by atoms with Gasteiger partial charge >= 0.3 is 5.97 Å². The molecule has 2 fully saturated rings. The minimum Gasteiger partial charge on any atom is -0.426 e. The van der Waals surface area contributed by atoms with Crippen LogP contribution in [0.2, 0.25) is 0 Å². The number of unbranched alkanes of at least 4 members (excludes halogenated alkanes) is 4. The lowest BCUT2D eigenvalue weighted by Crippen LogP contribution is -2.35. The molecule has 0 saturated heterocycles. The maximum atomic E-state index is 12.7. The third-order valence-electron chi connectivity index (χ3n) is 7.48. The Bertz CT molecular complexity index is 605. The maximum Gasteiger partial charge on any atom is 0.314 e. The van der Waals surface area contributed by atoms with Crippen LogP contribution in [-0.2, 0) is 11.2 Å². The number of aryl methyl sites for hydroxylation is 1. The number of carbonyl (C=O) groups excluding carboxylic acids is 1. The molecule has 1 aromatic carbocycles. The van der Waals surface area contributed by atoms with Crippen molar-refractivity contribution in [3.8, 4) is 5.75 Å². The summed E-state index contributed by atoms with van der Waals surface area (Å²) >= 11 is 0. The van der Waals surface area contributed by atoms with Crippen molar-refractivity contribution < 1.29 is 9.53 Å². The molecule has 1 aromatic rings. The summed E-state index contributed by atoms with van der Waals surface area (Å²) < 4.78 is 5.75. The van der Waals surface area contributed by atoms with Crippen molar-refractivity contribution in [2.24, 2.45) is 23.7 Å². The number of esters is 1. The van der Waals surface area contributed by atoms with E-state index in [1.807, 2.05) is 12.1 Å². The number of hydrogen-bond acceptors (Lipinski definition) is 2. The van der Waals surface area contributed by atoms with E-state index in [1.54, 1.807) is 0 Å². The highest BCUT2D eigenvalue weighted by Gasteiger charge is 2.38. The molecular formula is C27H42O2. The summed E-state index contributed by atoms with van der Waals surface area (Å²) in [6, 6.07) is 8.16. The first kappa shape index (κ1) is 22.4. The molecule has 2 nitrogen and oxygen atoms in total. The topological polar surface area (TPSA) is 26.3 Å². The molecule has 0 bridgehead atoms. The van der Waals surface area contributed by atoms with Crippen molar-refractivity contribution in [2.45, 2.75) is 104 Å². The summed E-state index contributed by atoms with van der Waals surface area (Å²) in [5, 5.41) is 0. The van der Waals surface area contributed by atoms with E-state index >= 15 is 0 Å². The standard InChI is InChI=1S/C27H42O2/c1-3-5-7-8-10-22-11-14-24-20-25(16-15-23(24)19-22)27(28)29-26-17-12-21(13-18-26)9-6-4-2/h12-13,17-18,22-25H,3-11,14-16,19-20H2,1-2H3/t22?,23-,24?,25-/m1/s1. The Kier molecular flexibility index (Phi) is 9.08. The Morgan fingerprint density at radius 2 is 1.59 bits per heavy atom. The van der Waals surface area contributed by atoms with Crippen molar-refractivity contribution in [2.75, 3.05) is 0 Å². The van der Waals surface area contributed by atoms with Gasteiger partial charge in [0.1, 0.15) is 5.75 Å². The normalized spacial score (nSPS) is 26.7. The van der Waals surface area contributed by atoms with Crippen molar-refractivity contribution >= 4 is 5.97 Å². The van der Waals surface area contributed by atoms with Gasteiger partial charge in [0.05, 0.1) is 5.92 Å². The molecule has 0 amide bonds. The lowest BCUT2D eigenvalue weighted by molar-refractivity contribution is -0.141. The van der Waals surface area contributed by atoms with E-state index in [4.69, 9.17) is 4.74 Å². The van der Waals surface area contributed by atoms with Crippen molar-refractivity contribution in [1.82, 2.24) is 0 Å². The van der Waals surface area contributed by atoms with Gasteiger partial charge in [0.15, 0.2) is 0 Å². The third kappa shape index (κ3) is 6.86. The SMILES string of the molecule is CCCCCCC1CCC2C[C@H](C(=O)Oc3ccc(CCCC)cc3)CC[C@@H]2C1. The van der Waals surface area contributed by atoms with E-state index in [9.17, 15) is 4.79 Å². The van der Waals surface area contributed by atoms with E-state index < -0.39 is 0 Å². The third-order valence-corrected chi connectivity index (χ3v) is 7.48. The van der Waals surface area contributed by atoms with Crippen LogP contribution in [0.3, 0.4) is 0 Å². The number of benzene rings is 1. The van der Waals surface area contributed by atoms with E-state index in [-0.39, 0.29) is 11.9 Å². The van der Waals surface area contributed by atoms with Gasteiger partial charge in [0, 0.05) is 0 Å². The quantitative estimate of drug-likeness (QED) is 0.229. The van der Waals surface area contributed by atoms with E-state index in [1.165, 1.54) is 76.2 Å². The molecule has 0 N–H and O–H groups in total. The first-order chi connectivity index (χ1) is 14.2. The summed E-state index contributed by atoms with van der Waals surface area (Å²) in [6.07, 6.45) is 18.0. The fourth-order valence-corrected chi connectivity index (χ4v) is 5.63. The fourth-order valence-electron chi connectivity index (χ4n) is 5.63. The number of fused-ring (bicyclic) bond motifs is 1. The van der Waals surface area contributed by atoms with Crippen molar-refractivity contribution in [3.63, 3.8) is 0 Å². The lowest BCUT2D eigenvalue weighted by Gasteiger charge is -2.41. The maximum absolute atomic E-state index is 12.7. The summed E-state index contributed by atoms with van der Waals surface area (Å²) in [7, 11) is 0. The average Bonchev–Trinajstić information content (AvgIpc) is 2.76. The second kappa shape index (κ2) is 11.8. The van der Waals surface area contributed by atoms with Crippen LogP contribution in [0.5, 0.6) is 5.75 Å². The Morgan fingerprint density at radius 1 is 0.862 bits per heavy atom. The van der Waals surface area contributed by atoms with Gasteiger partial charge in [-0.2, -0.15) is 0 Å². The van der Waals surface area contributed by atoms with Crippen LogP contribution in [0.1, 0.15) is 103 Å². The van der Waals surface area contributed by atoms with Crippen LogP contribution in [-0.4, -0.2) is 5.97 Å². The van der Waals surface area contributed by atoms with Crippen molar-refractivity contribution in [1.29, 1.82) is 0 Å². The molecule has 0 aromatic heterocycles. The molecule has 0 aliphatic heterocycles. The highest BCUT2D eigenvalue weighted by atomic mass is 16.5. The number of ether oxygens (including phenoxy) is 1. The van der Waals surface area contributed by atoms with Gasteiger partial charge in [-0.15, -0.1) is 0 Å². The molecule has 2 aliphatic rings. The highest BCUT2D eigenvalue weighted by Crippen LogP contribution is 2.46. The number of hydrogen-bond donors (Lipinski definition) is 0. The van der Waals surface area contributed by atoms with Gasteiger partial charge in [-0.25, -0.2) is 0 Å². The van der Waals surface area contributed by atoms with Gasteiger partial charge in [0.25, 0.3) is 0 Å². The Labute approximate surface area is 178 Å². The van der Waals surface area contributed by atoms with Crippen molar-refractivity contribution in [3.05, 3.63) is 29.8 Å². The van der Waals surface area contributed by atoms with Crippen LogP contribution in [0, 0.1) is 23.7 Å². The zero-order valence-corrected chi connectivity index (χ0v) is 18.8. The molecule has 29 heavy (non-hydrogen) atoms. The highest BCUT2D eigenvalue weighted by molar-refractivity contribution is 5.75.